The third-order valence-electron chi connectivity index (χ3n) is 5.34. The summed E-state index contributed by atoms with van der Waals surface area (Å²) in [6.45, 7) is 2.44. The largest absolute Gasteiger partial charge is 0.493 e. The predicted octanol–water partition coefficient (Wildman–Crippen LogP) is 4.22. The molecule has 0 atom stereocenters. The standard InChI is InChI=1S/C25H25N3O4S2/c1-16-6-4-5-7-19(16)28-24(30)18-11-13-33-23(18)27-25(28)34-15-22(29)26-12-10-17-8-9-20(31-2)21(14-17)32-3/h4-9,11,13-14H,10,12,15H2,1-3H3,(H,26,29). The van der Waals surface area contributed by atoms with E-state index in [2.05, 4.69) is 10.3 Å². The van der Waals surface area contributed by atoms with Gasteiger partial charge in [-0.25, -0.2) is 4.98 Å². The van der Waals surface area contributed by atoms with Gasteiger partial charge < -0.3 is 14.8 Å². The zero-order valence-electron chi connectivity index (χ0n) is 19.2. The van der Waals surface area contributed by atoms with Crippen LogP contribution in [0.2, 0.25) is 0 Å². The van der Waals surface area contributed by atoms with Gasteiger partial charge >= 0.3 is 0 Å². The average Bonchev–Trinajstić information content (AvgIpc) is 3.32. The Morgan fingerprint density at radius 3 is 2.68 bits per heavy atom. The van der Waals surface area contributed by atoms with Gasteiger partial charge in [-0.05, 0) is 54.1 Å². The summed E-state index contributed by atoms with van der Waals surface area (Å²) in [5.41, 5.74) is 2.63. The Morgan fingerprint density at radius 1 is 1.12 bits per heavy atom. The number of benzene rings is 2. The minimum atomic E-state index is -0.128. The molecule has 0 bridgehead atoms. The first-order valence-corrected chi connectivity index (χ1v) is 12.5. The minimum Gasteiger partial charge on any atom is -0.493 e. The van der Waals surface area contributed by atoms with Gasteiger partial charge in [-0.1, -0.05) is 36.0 Å². The number of thioether (sulfide) groups is 1. The van der Waals surface area contributed by atoms with Gasteiger partial charge in [0.1, 0.15) is 4.83 Å². The number of fused-ring (bicyclic) bond motifs is 1. The van der Waals surface area contributed by atoms with Crippen LogP contribution in [0.5, 0.6) is 11.5 Å². The summed E-state index contributed by atoms with van der Waals surface area (Å²) >= 11 is 2.68. The Morgan fingerprint density at radius 2 is 1.91 bits per heavy atom. The summed E-state index contributed by atoms with van der Waals surface area (Å²) in [4.78, 5) is 31.1. The van der Waals surface area contributed by atoms with E-state index in [9.17, 15) is 9.59 Å². The Balaban J connectivity index is 1.45. The second-order valence-electron chi connectivity index (χ2n) is 7.54. The monoisotopic (exact) mass is 495 g/mol. The SMILES string of the molecule is COc1ccc(CCNC(=O)CSc2nc3sccc3c(=O)n2-c2ccccc2C)cc1OC. The lowest BCUT2D eigenvalue weighted by Crippen LogP contribution is -2.28. The van der Waals surface area contributed by atoms with Crippen LogP contribution >= 0.6 is 23.1 Å². The molecule has 0 aliphatic rings. The van der Waals surface area contributed by atoms with E-state index in [-0.39, 0.29) is 17.2 Å². The van der Waals surface area contributed by atoms with Gasteiger partial charge in [0.15, 0.2) is 16.7 Å². The van der Waals surface area contributed by atoms with Crippen LogP contribution < -0.4 is 20.3 Å². The highest BCUT2D eigenvalue weighted by molar-refractivity contribution is 7.99. The zero-order chi connectivity index (χ0) is 24.1. The van der Waals surface area contributed by atoms with Gasteiger partial charge in [0.25, 0.3) is 5.56 Å². The smallest absolute Gasteiger partial charge is 0.267 e. The number of aryl methyl sites for hydroxylation is 1. The number of nitrogens with one attached hydrogen (secondary N) is 1. The molecule has 0 unspecified atom stereocenters. The number of hydrogen-bond acceptors (Lipinski definition) is 7. The molecule has 4 aromatic rings. The van der Waals surface area contributed by atoms with Crippen LogP contribution in [0.1, 0.15) is 11.1 Å². The number of amides is 1. The van der Waals surface area contributed by atoms with E-state index >= 15 is 0 Å². The van der Waals surface area contributed by atoms with Crippen molar-refractivity contribution in [3.8, 4) is 17.2 Å². The third-order valence-corrected chi connectivity index (χ3v) is 7.08. The number of methoxy groups -OCH3 is 2. The molecule has 0 aliphatic carbocycles. The van der Waals surface area contributed by atoms with Gasteiger partial charge in [0.2, 0.25) is 5.91 Å². The van der Waals surface area contributed by atoms with Crippen molar-refractivity contribution in [2.45, 2.75) is 18.5 Å². The number of nitrogens with zero attached hydrogens (tertiary/aromatic N) is 2. The Kier molecular flexibility index (Phi) is 7.54. The highest BCUT2D eigenvalue weighted by atomic mass is 32.2. The van der Waals surface area contributed by atoms with E-state index in [1.165, 1.54) is 23.1 Å². The fourth-order valence-electron chi connectivity index (χ4n) is 3.58. The van der Waals surface area contributed by atoms with Gasteiger partial charge in [0, 0.05) is 6.54 Å². The van der Waals surface area contributed by atoms with Crippen molar-refractivity contribution in [3.63, 3.8) is 0 Å². The maximum atomic E-state index is 13.2. The van der Waals surface area contributed by atoms with Crippen LogP contribution in [0.3, 0.4) is 0 Å². The van der Waals surface area contributed by atoms with Crippen molar-refractivity contribution in [2.24, 2.45) is 0 Å². The van der Waals surface area contributed by atoms with E-state index < -0.39 is 0 Å². The molecule has 176 valence electrons. The van der Waals surface area contributed by atoms with Gasteiger partial charge in [0.05, 0.1) is 31.0 Å². The van der Waals surface area contributed by atoms with Crippen molar-refractivity contribution in [2.75, 3.05) is 26.5 Å². The molecular weight excluding hydrogens is 470 g/mol. The third kappa shape index (κ3) is 5.10. The highest BCUT2D eigenvalue weighted by Gasteiger charge is 2.16. The number of para-hydroxylation sites is 1. The Hall–Kier alpha value is -3.30. The molecule has 2 heterocycles. The molecule has 2 aromatic heterocycles. The first-order chi connectivity index (χ1) is 16.5. The molecule has 0 aliphatic heterocycles. The molecular formula is C25H25N3O4S2. The molecule has 34 heavy (non-hydrogen) atoms. The highest BCUT2D eigenvalue weighted by Crippen LogP contribution is 2.28. The lowest BCUT2D eigenvalue weighted by molar-refractivity contribution is -0.118. The molecule has 0 saturated heterocycles. The second kappa shape index (κ2) is 10.8. The number of carbonyl (C=O) groups is 1. The molecule has 0 fully saturated rings. The lowest BCUT2D eigenvalue weighted by atomic mass is 10.1. The fraction of sp³-hybridized carbons (Fsp3) is 0.240. The topological polar surface area (TPSA) is 82.5 Å². The van der Waals surface area contributed by atoms with Gasteiger partial charge in [-0.3, -0.25) is 14.2 Å². The quantitative estimate of drug-likeness (QED) is 0.277. The van der Waals surface area contributed by atoms with E-state index in [1.54, 1.807) is 24.9 Å². The van der Waals surface area contributed by atoms with Crippen LogP contribution in [0.4, 0.5) is 0 Å². The average molecular weight is 496 g/mol. The van der Waals surface area contributed by atoms with Crippen molar-refractivity contribution in [1.29, 1.82) is 0 Å². The number of aromatic nitrogens is 2. The number of ether oxygens (including phenoxy) is 2. The number of hydrogen-bond donors (Lipinski definition) is 1. The summed E-state index contributed by atoms with van der Waals surface area (Å²) < 4.78 is 12.2. The van der Waals surface area contributed by atoms with Crippen LogP contribution in [0.25, 0.3) is 15.9 Å². The van der Waals surface area contributed by atoms with Crippen LogP contribution in [0.15, 0.2) is 63.9 Å². The van der Waals surface area contributed by atoms with Crippen molar-refractivity contribution < 1.29 is 14.3 Å². The summed E-state index contributed by atoms with van der Waals surface area (Å²) in [6, 6.07) is 15.2. The molecule has 1 amide bonds. The first kappa shape index (κ1) is 23.8. The van der Waals surface area contributed by atoms with Crippen molar-refractivity contribution >= 4 is 39.2 Å². The molecule has 2 aromatic carbocycles. The number of thiophene rings is 1. The van der Waals surface area contributed by atoms with E-state index in [0.717, 1.165) is 16.8 Å². The van der Waals surface area contributed by atoms with Crippen molar-refractivity contribution in [1.82, 2.24) is 14.9 Å². The summed E-state index contributed by atoms with van der Waals surface area (Å²) in [6.07, 6.45) is 0.657. The van der Waals surface area contributed by atoms with Gasteiger partial charge in [-0.15, -0.1) is 11.3 Å². The van der Waals surface area contributed by atoms with Crippen LogP contribution in [-0.4, -0.2) is 42.0 Å². The minimum absolute atomic E-state index is 0.123. The molecule has 1 N–H and O–H groups in total. The van der Waals surface area contributed by atoms with E-state index in [1.807, 2.05) is 54.8 Å². The molecule has 7 nitrogen and oxygen atoms in total. The summed E-state index contributed by atoms with van der Waals surface area (Å²) in [7, 11) is 3.19. The molecule has 4 rings (SSSR count). The Bertz CT molecular complexity index is 1380. The van der Waals surface area contributed by atoms with E-state index in [4.69, 9.17) is 9.47 Å². The normalized spacial score (nSPS) is 10.9. The number of carbonyl (C=O) groups excluding carboxylic acids is 1. The first-order valence-electron chi connectivity index (χ1n) is 10.7. The predicted molar refractivity (Wildman–Crippen MR) is 137 cm³/mol. The van der Waals surface area contributed by atoms with Gasteiger partial charge in [-0.2, -0.15) is 0 Å². The number of rotatable bonds is 9. The van der Waals surface area contributed by atoms with E-state index in [0.29, 0.717) is 39.8 Å². The van der Waals surface area contributed by atoms with Crippen LogP contribution in [-0.2, 0) is 11.2 Å². The summed E-state index contributed by atoms with van der Waals surface area (Å²) in [5, 5.41) is 5.88. The maximum absolute atomic E-state index is 13.2. The lowest BCUT2D eigenvalue weighted by Gasteiger charge is -2.14. The molecule has 9 heteroatoms. The second-order valence-corrected chi connectivity index (χ2v) is 9.38. The zero-order valence-corrected chi connectivity index (χ0v) is 20.8. The van der Waals surface area contributed by atoms with Crippen LogP contribution in [0, 0.1) is 6.92 Å². The Labute approximate surface area is 205 Å². The van der Waals surface area contributed by atoms with Crippen molar-refractivity contribution in [3.05, 3.63) is 75.4 Å². The summed E-state index contributed by atoms with van der Waals surface area (Å²) in [5.74, 6) is 1.36. The molecule has 0 radical (unpaired) electrons. The fourth-order valence-corrected chi connectivity index (χ4v) is 5.22. The molecule has 0 saturated carbocycles. The maximum Gasteiger partial charge on any atom is 0.267 e. The molecule has 0 spiro atoms.